The van der Waals surface area contributed by atoms with Crippen LogP contribution >= 0.6 is 11.3 Å². The van der Waals surface area contributed by atoms with E-state index in [2.05, 4.69) is 35.6 Å². The molecule has 6 N–H and O–H groups in total. The fraction of sp³-hybridized carbons (Fsp3) is 0.473. The highest BCUT2D eigenvalue weighted by molar-refractivity contribution is 7.13. The molecule has 7 rings (SSSR count). The van der Waals surface area contributed by atoms with Crippen molar-refractivity contribution in [3.63, 3.8) is 0 Å². The SMILES string of the molecule is Cc1ncsc1-c1ccc(CNC(=O)[C@@H]2C[C@@H](O)CN2C(=O)[C@@H](NC(=O)COCCOCCNC(=O)CCCn2cnc(-c3cnc(O[C@@H]4CCN(C(=O)Cc5ccc(OC(F)(F)F)cc5)C[C@H]4F)c(C(N)=O)c3)c2)C(C)(C)C)cc1. The number of primary amides is 1. The number of aromatic nitrogens is 4. The van der Waals surface area contributed by atoms with E-state index in [0.29, 0.717) is 29.8 Å². The number of aliphatic hydroxyl groups is 1. The number of pyridine rings is 1. The van der Waals surface area contributed by atoms with Gasteiger partial charge in [0.2, 0.25) is 35.4 Å². The van der Waals surface area contributed by atoms with Gasteiger partial charge in [0, 0.05) is 69.9 Å². The first-order chi connectivity index (χ1) is 38.5. The summed E-state index contributed by atoms with van der Waals surface area (Å²) < 4.78 is 75.3. The van der Waals surface area contributed by atoms with Gasteiger partial charge in [-0.1, -0.05) is 57.2 Å². The molecular weight excluding hydrogens is 1080 g/mol. The zero-order chi connectivity index (χ0) is 58.4. The van der Waals surface area contributed by atoms with Crippen LogP contribution in [0.5, 0.6) is 11.6 Å². The van der Waals surface area contributed by atoms with E-state index in [4.69, 9.17) is 19.9 Å². The number of aliphatic hydroxyl groups excluding tert-OH is 1. The summed E-state index contributed by atoms with van der Waals surface area (Å²) >= 11 is 1.55. The number of ether oxygens (including phenoxy) is 4. The Bertz CT molecular complexity index is 2970. The Hall–Kier alpha value is -7.55. The number of likely N-dealkylation sites (tertiary alicyclic amines) is 2. The summed E-state index contributed by atoms with van der Waals surface area (Å²) in [7, 11) is 0. The zero-order valence-corrected chi connectivity index (χ0v) is 46.0. The summed E-state index contributed by atoms with van der Waals surface area (Å²) in [6.45, 7) is 7.91. The highest BCUT2D eigenvalue weighted by Crippen LogP contribution is 2.31. The van der Waals surface area contributed by atoms with Gasteiger partial charge in [-0.2, -0.15) is 0 Å². The lowest BCUT2D eigenvalue weighted by Gasteiger charge is -2.35. The predicted octanol–water partition coefficient (Wildman–Crippen LogP) is 4.67. The van der Waals surface area contributed by atoms with Gasteiger partial charge in [-0.3, -0.25) is 28.8 Å². The molecule has 0 saturated carbocycles. The normalized spacial score (nSPS) is 17.8. The molecule has 436 valence electrons. The zero-order valence-electron chi connectivity index (χ0n) is 45.2. The van der Waals surface area contributed by atoms with Gasteiger partial charge >= 0.3 is 6.36 Å². The molecule has 2 fully saturated rings. The van der Waals surface area contributed by atoms with Gasteiger partial charge < -0.3 is 60.1 Å². The molecule has 2 aliphatic rings. The van der Waals surface area contributed by atoms with Crippen LogP contribution in [0.15, 0.2) is 78.8 Å². The Kier molecular flexibility index (Phi) is 20.9. The van der Waals surface area contributed by atoms with Crippen molar-refractivity contribution in [3.05, 3.63) is 101 Å². The maximum atomic E-state index is 15.4. The molecule has 2 aromatic carbocycles. The van der Waals surface area contributed by atoms with E-state index >= 15 is 4.39 Å². The van der Waals surface area contributed by atoms with E-state index in [0.717, 1.165) is 33.8 Å². The number of nitrogens with two attached hydrogens (primary N) is 1. The van der Waals surface area contributed by atoms with Gasteiger partial charge in [0.25, 0.3) is 5.91 Å². The molecular formula is C55H66F4N10O11S. The molecule has 0 unspecified atom stereocenters. The summed E-state index contributed by atoms with van der Waals surface area (Å²) in [6.07, 6.45) is -3.25. The van der Waals surface area contributed by atoms with E-state index < -0.39 is 77.5 Å². The Morgan fingerprint density at radius 1 is 0.901 bits per heavy atom. The molecule has 3 aromatic heterocycles. The van der Waals surface area contributed by atoms with Gasteiger partial charge in [-0.15, -0.1) is 24.5 Å². The largest absolute Gasteiger partial charge is 0.573 e. The number of hydrogen-bond acceptors (Lipinski definition) is 15. The van der Waals surface area contributed by atoms with Crippen molar-refractivity contribution in [3.8, 4) is 33.3 Å². The molecule has 0 radical (unpaired) electrons. The van der Waals surface area contributed by atoms with Crippen LogP contribution in [0.2, 0.25) is 0 Å². The molecule has 0 spiro atoms. The number of carbonyl (C=O) groups excluding carboxylic acids is 6. The fourth-order valence-corrected chi connectivity index (χ4v) is 9.93. The van der Waals surface area contributed by atoms with Crippen LogP contribution in [0.3, 0.4) is 0 Å². The molecule has 6 amide bonds. The first-order valence-corrected chi connectivity index (χ1v) is 27.1. The van der Waals surface area contributed by atoms with Crippen molar-refractivity contribution < 1.29 is 70.4 Å². The number of carbonyl (C=O) groups is 6. The summed E-state index contributed by atoms with van der Waals surface area (Å²) in [5.41, 5.74) is 10.7. The lowest BCUT2D eigenvalue weighted by molar-refractivity contribution is -0.274. The number of rotatable bonds is 25. The van der Waals surface area contributed by atoms with Gasteiger partial charge in [-0.05, 0) is 53.6 Å². The quantitative estimate of drug-likeness (QED) is 0.0393. The van der Waals surface area contributed by atoms with Crippen LogP contribution in [0.25, 0.3) is 21.7 Å². The first-order valence-electron chi connectivity index (χ1n) is 26.2. The predicted molar refractivity (Wildman–Crippen MR) is 287 cm³/mol. The molecule has 81 heavy (non-hydrogen) atoms. The van der Waals surface area contributed by atoms with E-state index in [1.54, 1.807) is 54.7 Å². The minimum Gasteiger partial charge on any atom is -0.471 e. The van der Waals surface area contributed by atoms with Crippen LogP contribution in [-0.2, 0) is 53.0 Å². The number of benzene rings is 2. The van der Waals surface area contributed by atoms with Crippen LogP contribution in [0, 0.1) is 12.3 Å². The number of β-amino-alcohol motifs (C(OH)–C–C–N with tert-alkyl or cyclic N) is 1. The maximum absolute atomic E-state index is 15.4. The average molecular weight is 1150 g/mol. The molecule has 5 atom stereocenters. The Morgan fingerprint density at radius 3 is 2.31 bits per heavy atom. The van der Waals surface area contributed by atoms with E-state index in [9.17, 15) is 47.0 Å². The number of imidazole rings is 1. The molecule has 2 saturated heterocycles. The monoisotopic (exact) mass is 1150 g/mol. The van der Waals surface area contributed by atoms with Crippen molar-refractivity contribution in [2.24, 2.45) is 11.1 Å². The van der Waals surface area contributed by atoms with Gasteiger partial charge in [0.1, 0.15) is 36.1 Å². The van der Waals surface area contributed by atoms with E-state index in [1.807, 2.05) is 31.2 Å². The topological polar surface area (TPSA) is 272 Å². The second-order valence-electron chi connectivity index (χ2n) is 20.7. The second kappa shape index (κ2) is 27.7. The molecule has 2 aliphatic heterocycles. The van der Waals surface area contributed by atoms with Gasteiger partial charge in [0.15, 0.2) is 6.17 Å². The summed E-state index contributed by atoms with van der Waals surface area (Å²) in [6, 6.07) is 12.0. The van der Waals surface area contributed by atoms with Crippen molar-refractivity contribution in [2.45, 2.75) is 110 Å². The van der Waals surface area contributed by atoms with Crippen molar-refractivity contribution in [2.75, 3.05) is 52.6 Å². The molecule has 0 aliphatic carbocycles. The smallest absolute Gasteiger partial charge is 0.471 e. The maximum Gasteiger partial charge on any atom is 0.573 e. The third-order valence-corrected chi connectivity index (χ3v) is 14.3. The van der Waals surface area contributed by atoms with Gasteiger partial charge in [0.05, 0.1) is 67.0 Å². The number of piperidine rings is 1. The first kappa shape index (κ1) is 61.1. The van der Waals surface area contributed by atoms with Crippen molar-refractivity contribution in [1.29, 1.82) is 0 Å². The summed E-state index contributed by atoms with van der Waals surface area (Å²) in [5.74, 6) is -3.60. The molecule has 5 heterocycles. The van der Waals surface area contributed by atoms with Crippen LogP contribution < -0.4 is 31.2 Å². The minimum absolute atomic E-state index is 0.0551. The van der Waals surface area contributed by atoms with Crippen LogP contribution in [-0.4, -0.2) is 159 Å². The van der Waals surface area contributed by atoms with Crippen LogP contribution in [0.1, 0.15) is 73.6 Å². The second-order valence-corrected chi connectivity index (χ2v) is 21.5. The minimum atomic E-state index is -4.85. The Morgan fingerprint density at radius 2 is 1.63 bits per heavy atom. The fourth-order valence-electron chi connectivity index (χ4n) is 9.12. The molecule has 26 heteroatoms. The molecule has 0 bridgehead atoms. The summed E-state index contributed by atoms with van der Waals surface area (Å²) in [4.78, 5) is 95.0. The number of alkyl halides is 4. The number of halogens is 4. The average Bonchev–Trinajstić information content (AvgIpc) is 4.43. The van der Waals surface area contributed by atoms with E-state index in [-0.39, 0.29) is 102 Å². The highest BCUT2D eigenvalue weighted by Gasteiger charge is 2.44. The van der Waals surface area contributed by atoms with Crippen molar-refractivity contribution >= 4 is 46.8 Å². The highest BCUT2D eigenvalue weighted by atomic mass is 32.1. The number of thiazole rings is 1. The Balaban J connectivity index is 0.759. The number of amides is 6. The molecule has 5 aromatic rings. The molecule has 21 nitrogen and oxygen atoms in total. The third-order valence-electron chi connectivity index (χ3n) is 13.4. The number of hydrogen-bond donors (Lipinski definition) is 5. The van der Waals surface area contributed by atoms with Gasteiger partial charge in [-0.25, -0.2) is 19.3 Å². The third kappa shape index (κ3) is 17.7. The number of aryl methyl sites for hydroxylation is 2. The lowest BCUT2D eigenvalue weighted by atomic mass is 9.85. The van der Waals surface area contributed by atoms with E-state index in [1.165, 1.54) is 34.2 Å². The standard InChI is InChI=1S/C55H66F4N10O11S/c1-33-48(81-32-65-33)36-11-7-35(8-12-36)25-62-51(75)43-24-38(70)27-69(43)53(76)49(54(2,3)4)66-46(72)30-78-21-20-77-19-16-61-45(71)6-5-17-67-29-42(64-31-67)37-23-40(50(60)74)52(63-26-37)79-44-15-18-68(28-41(44)56)47(73)22-34-9-13-39(14-10-34)80-55(57,58)59/h7-14,23,26,29,31-32,38,41,43-44,49,70H,5-6,15-22,24-25,27-28,30H2,1-4H3,(H2,60,74)(H,61,71)(H,62,75)(H,66,72)/t38-,41-,43+,44-,49-/m1/s1. The van der Waals surface area contributed by atoms with Crippen LogP contribution in [0.4, 0.5) is 17.6 Å². The lowest BCUT2D eigenvalue weighted by Crippen LogP contribution is -2.58. The van der Waals surface area contributed by atoms with Crippen molar-refractivity contribution in [1.82, 2.24) is 45.3 Å². The summed E-state index contributed by atoms with van der Waals surface area (Å²) in [5, 5.41) is 19.0. The number of nitrogens with zero attached hydrogens (tertiary/aromatic N) is 6. The number of nitrogens with one attached hydrogen (secondary N) is 3. The Labute approximate surface area is 468 Å².